The third kappa shape index (κ3) is 30.7. The molecule has 0 saturated carbocycles. The molecule has 21 nitrogen and oxygen atoms in total. The van der Waals surface area contributed by atoms with Crippen LogP contribution in [0.5, 0.6) is 0 Å². The van der Waals surface area contributed by atoms with Gasteiger partial charge in [-0.3, -0.25) is 34.0 Å². The summed E-state index contributed by atoms with van der Waals surface area (Å²) in [4.78, 5) is 73.7. The Morgan fingerprint density at radius 2 is 0.797 bits per heavy atom. The summed E-state index contributed by atoms with van der Waals surface area (Å²) in [6.45, 7) is 3.91. The standard InChI is InChI=1S/C48H72Cl2N16O4.C6H5Cl2N/c49-37-13-17-39(18-14-37)61-47(55)63-45(53)59-29-7-3-1-5-27-57-41(67)21-23-43(69)65(31-25-51)33-35-9-11-36(12-10-35)34-66(32-26-52)44(70)24-22-42(68)58-28-6-2-4-8-30-60-46(54)64-48(56)62-40-19-15-38(50)16-20-40;7-5-1-3-6(9-8)4-2-5/h9-20H,1-8,21-34,51-52H2,(H,57,67)(H,58,68)(H5,53,55,59,61,63)(H5,54,56,60,62,64);1-4,9H. The number of halogens is 4. The van der Waals surface area contributed by atoms with Gasteiger partial charge in [0.2, 0.25) is 47.5 Å². The summed E-state index contributed by atoms with van der Waals surface area (Å²) in [5, 5.41) is 13.6. The number of anilines is 3. The van der Waals surface area contributed by atoms with Gasteiger partial charge in [-0.25, -0.2) is 0 Å². The van der Waals surface area contributed by atoms with E-state index < -0.39 is 0 Å². The Bertz CT molecular complexity index is 2400. The fourth-order valence-electron chi connectivity index (χ4n) is 7.29. The number of carbonyl (C=O) groups excluding carboxylic acids is 4. The molecular formula is C54H77Cl4N17O4. The van der Waals surface area contributed by atoms with Crippen molar-refractivity contribution >= 4 is 111 Å². The SMILES string of the molecule is ClNc1ccc(Cl)cc1.NCCN(Cc1ccc(CN(CCN)C(=O)CCC(=O)NCCCCCCN=C(N)N=C(N)Nc2ccc(Cl)cc2)cc1)C(=O)CCC(=O)NCCCCCCN=C(N)N=C(N)Nc1ccc(Cl)cc1. The van der Waals surface area contributed by atoms with Gasteiger partial charge in [-0.1, -0.05) is 84.8 Å². The highest BCUT2D eigenvalue weighted by Crippen LogP contribution is 2.17. The summed E-state index contributed by atoms with van der Waals surface area (Å²) in [5.41, 5.74) is 39.3. The average molecular weight is 1170 g/mol. The van der Waals surface area contributed by atoms with Crippen molar-refractivity contribution in [2.24, 2.45) is 54.4 Å². The molecule has 0 atom stereocenters. The average Bonchev–Trinajstić information content (AvgIpc) is 3.43. The van der Waals surface area contributed by atoms with Crippen molar-refractivity contribution in [1.82, 2.24) is 20.4 Å². The molecule has 0 aliphatic carbocycles. The van der Waals surface area contributed by atoms with Gasteiger partial charge in [-0.2, -0.15) is 9.98 Å². The van der Waals surface area contributed by atoms with Crippen molar-refractivity contribution < 1.29 is 19.2 Å². The molecule has 0 saturated heterocycles. The van der Waals surface area contributed by atoms with Crippen LogP contribution in [-0.4, -0.2) is 110 Å². The number of nitrogens with zero attached hydrogens (tertiary/aromatic N) is 6. The zero-order valence-corrected chi connectivity index (χ0v) is 47.6. The maximum absolute atomic E-state index is 13.1. The molecule has 4 aromatic carbocycles. The van der Waals surface area contributed by atoms with Gasteiger partial charge >= 0.3 is 0 Å². The maximum Gasteiger partial charge on any atom is 0.223 e. The van der Waals surface area contributed by atoms with Gasteiger partial charge in [0.25, 0.3) is 0 Å². The number of guanidine groups is 4. The van der Waals surface area contributed by atoms with Crippen LogP contribution < -0.4 is 60.5 Å². The second kappa shape index (κ2) is 39.5. The molecule has 0 spiro atoms. The van der Waals surface area contributed by atoms with Crippen molar-refractivity contribution in [2.45, 2.75) is 90.1 Å². The molecule has 4 rings (SSSR count). The number of unbranched alkanes of at least 4 members (excludes halogenated alkanes) is 6. The Morgan fingerprint density at radius 3 is 1.14 bits per heavy atom. The van der Waals surface area contributed by atoms with Gasteiger partial charge in [-0.05, 0) is 110 Å². The van der Waals surface area contributed by atoms with E-state index in [1.54, 1.807) is 82.6 Å². The number of carbonyl (C=O) groups is 4. The zero-order valence-electron chi connectivity index (χ0n) is 44.6. The van der Waals surface area contributed by atoms with E-state index in [0.29, 0.717) is 67.4 Å². The van der Waals surface area contributed by atoms with Crippen molar-refractivity contribution in [2.75, 3.05) is 67.8 Å². The second-order valence-electron chi connectivity index (χ2n) is 17.9. The fourth-order valence-corrected chi connectivity index (χ4v) is 7.80. The predicted octanol–water partition coefficient (Wildman–Crippen LogP) is 6.87. The highest BCUT2D eigenvalue weighted by molar-refractivity contribution is 6.31. The Balaban J connectivity index is 0.00000165. The molecule has 17 N–H and O–H groups in total. The van der Waals surface area contributed by atoms with E-state index in [-0.39, 0.29) is 86.2 Å². The van der Waals surface area contributed by atoms with Crippen LogP contribution in [0.2, 0.25) is 15.1 Å². The first-order chi connectivity index (χ1) is 38.1. The van der Waals surface area contributed by atoms with Crippen LogP contribution in [0.25, 0.3) is 0 Å². The molecular weight excluding hydrogens is 1090 g/mol. The van der Waals surface area contributed by atoms with Gasteiger partial charge in [0.1, 0.15) is 0 Å². The Morgan fingerprint density at radius 1 is 0.456 bits per heavy atom. The van der Waals surface area contributed by atoms with E-state index in [1.165, 1.54) is 0 Å². The van der Waals surface area contributed by atoms with E-state index in [4.69, 9.17) is 81.0 Å². The normalized spacial score (nSPS) is 11.7. The number of nitrogens with one attached hydrogen (secondary N) is 5. The van der Waals surface area contributed by atoms with Crippen LogP contribution in [0.1, 0.15) is 88.2 Å². The van der Waals surface area contributed by atoms with Crippen LogP contribution >= 0.6 is 46.6 Å². The van der Waals surface area contributed by atoms with E-state index in [9.17, 15) is 19.2 Å². The monoisotopic (exact) mass is 1170 g/mol. The summed E-state index contributed by atoms with van der Waals surface area (Å²) in [7, 11) is 0. The largest absolute Gasteiger partial charge is 0.369 e. The Hall–Kier alpha value is -6.88. The molecule has 0 aliphatic rings. The van der Waals surface area contributed by atoms with Crippen molar-refractivity contribution in [1.29, 1.82) is 0 Å². The van der Waals surface area contributed by atoms with Gasteiger partial charge in [0, 0.05) is 135 Å². The summed E-state index contributed by atoms with van der Waals surface area (Å²) in [6, 6.07) is 28.8. The zero-order chi connectivity index (χ0) is 57.6. The molecule has 0 radical (unpaired) electrons. The number of nitrogens with two attached hydrogens (primary N) is 6. The molecule has 430 valence electrons. The van der Waals surface area contributed by atoms with Crippen LogP contribution in [0.4, 0.5) is 17.1 Å². The van der Waals surface area contributed by atoms with Crippen molar-refractivity contribution in [3.63, 3.8) is 0 Å². The van der Waals surface area contributed by atoms with Gasteiger partial charge in [0.15, 0.2) is 0 Å². The van der Waals surface area contributed by atoms with E-state index >= 15 is 0 Å². The third-order valence-corrected chi connectivity index (χ3v) is 12.4. The highest BCUT2D eigenvalue weighted by atomic mass is 35.5. The lowest BCUT2D eigenvalue weighted by atomic mass is 10.1. The second-order valence-corrected chi connectivity index (χ2v) is 19.4. The van der Waals surface area contributed by atoms with Crippen molar-refractivity contribution in [3.05, 3.63) is 123 Å². The lowest BCUT2D eigenvalue weighted by Crippen LogP contribution is -2.36. The minimum absolute atomic E-state index is 0.0617. The number of hydrogen-bond acceptors (Lipinski definition) is 9. The molecule has 79 heavy (non-hydrogen) atoms. The van der Waals surface area contributed by atoms with Crippen LogP contribution in [0, 0.1) is 0 Å². The number of amides is 4. The van der Waals surface area contributed by atoms with Crippen LogP contribution in [-0.2, 0) is 32.3 Å². The first-order valence-corrected chi connectivity index (χ1v) is 27.6. The molecule has 4 amide bonds. The first-order valence-electron chi connectivity index (χ1n) is 26.1. The molecule has 0 aromatic heterocycles. The van der Waals surface area contributed by atoms with E-state index in [2.05, 4.69) is 46.1 Å². The van der Waals surface area contributed by atoms with Crippen LogP contribution in [0.3, 0.4) is 0 Å². The lowest BCUT2D eigenvalue weighted by molar-refractivity contribution is -0.134. The first kappa shape index (κ1) is 66.4. The summed E-state index contributed by atoms with van der Waals surface area (Å²) < 4.78 is 0. The minimum Gasteiger partial charge on any atom is -0.369 e. The minimum atomic E-state index is -0.186. The van der Waals surface area contributed by atoms with E-state index in [1.807, 2.05) is 24.3 Å². The molecule has 0 fully saturated rings. The summed E-state index contributed by atoms with van der Waals surface area (Å²) in [6.07, 6.45) is 7.03. The van der Waals surface area contributed by atoms with Gasteiger partial charge in [0.05, 0.1) is 0 Å². The van der Waals surface area contributed by atoms with Gasteiger partial charge < -0.3 is 65.5 Å². The molecule has 0 heterocycles. The lowest BCUT2D eigenvalue weighted by Gasteiger charge is -2.24. The van der Waals surface area contributed by atoms with Crippen LogP contribution in [0.15, 0.2) is 117 Å². The molecule has 0 aliphatic heterocycles. The van der Waals surface area contributed by atoms with Gasteiger partial charge in [-0.15, -0.1) is 0 Å². The molecule has 0 bridgehead atoms. The predicted molar refractivity (Wildman–Crippen MR) is 324 cm³/mol. The molecule has 4 aromatic rings. The topological polar surface area (TPSA) is 340 Å². The maximum atomic E-state index is 13.1. The van der Waals surface area contributed by atoms with Crippen molar-refractivity contribution in [3.8, 4) is 0 Å². The summed E-state index contributed by atoms with van der Waals surface area (Å²) >= 11 is 22.7. The molecule has 0 unspecified atom stereocenters. The van der Waals surface area contributed by atoms with E-state index in [0.717, 1.165) is 79.6 Å². The number of rotatable bonds is 31. The number of hydrogen-bond donors (Lipinski definition) is 11. The summed E-state index contributed by atoms with van der Waals surface area (Å²) in [5.74, 6) is -0.294. The highest BCUT2D eigenvalue weighted by Gasteiger charge is 2.18. The smallest absolute Gasteiger partial charge is 0.223 e. The number of aliphatic imine (C=N–C) groups is 4. The Kier molecular flexibility index (Phi) is 33.2. The molecule has 25 heteroatoms. The quantitative estimate of drug-likeness (QED) is 0.0106. The number of benzene rings is 4. The third-order valence-electron chi connectivity index (χ3n) is 11.4. The fraction of sp³-hybridized carbons (Fsp3) is 0.407. The Labute approximate surface area is 483 Å².